The molecular formula is C69H138O5Si4. The molecule has 0 aromatic heterocycles. The number of aliphatic hydroxyl groups is 1. The van der Waals surface area contributed by atoms with Crippen molar-refractivity contribution in [1.82, 2.24) is 0 Å². The molecule has 0 aliphatic carbocycles. The van der Waals surface area contributed by atoms with Gasteiger partial charge in [0, 0.05) is 0 Å². The molecule has 0 aromatic rings. The third-order valence-electron chi connectivity index (χ3n) is 19.7. The second-order valence-electron chi connectivity index (χ2n) is 28.0. The first kappa shape index (κ1) is 77.4. The fraction of sp³-hybridized carbons (Fsp3) is 0.855. The Hall–Kier alpha value is -0.632. The standard InChI is InChI=1S/C69H138O5Si4/c1-25-76(26-2,27-3)72-67(20,53-37-42-60(10)11)55-40-57-69(22,74-78(31-7,32-8)33-9)58-41-56-68(21,73-77(28-4,29-5)30-6)54-39-52-66(19,70)51-38-49-63(14)47-35-45-61(12)43-34-44-62(13)46-36-48-64(15)50-59-71-75(23,24)65(16,17)18/h42-43,46-47,50,70H,25-41,44-45,48-49,51-59H2,1-24H3/b61-43+,62-46+,63-47+,64-50+/t66-,67+,68-,69+/m0/s1. The van der Waals surface area contributed by atoms with Gasteiger partial charge in [0.1, 0.15) is 0 Å². The van der Waals surface area contributed by atoms with Crippen molar-refractivity contribution >= 4 is 33.3 Å². The maximum atomic E-state index is 11.8. The maximum Gasteiger partial charge on any atom is 0.192 e. The molecule has 0 unspecified atom stereocenters. The van der Waals surface area contributed by atoms with Gasteiger partial charge in [-0.1, -0.05) is 141 Å². The van der Waals surface area contributed by atoms with Crippen molar-refractivity contribution in [3.8, 4) is 0 Å². The van der Waals surface area contributed by atoms with E-state index in [1.165, 1.54) is 64.1 Å². The molecule has 0 amide bonds. The normalized spacial score (nSPS) is 17.2. The average Bonchev–Trinajstić information content (AvgIpc) is 3.36. The second-order valence-corrected chi connectivity index (χ2v) is 46.9. The van der Waals surface area contributed by atoms with Crippen molar-refractivity contribution < 1.29 is 22.8 Å². The summed E-state index contributed by atoms with van der Waals surface area (Å²) in [4.78, 5) is 0. The van der Waals surface area contributed by atoms with E-state index in [2.05, 4.69) is 196 Å². The molecule has 0 spiro atoms. The fourth-order valence-corrected chi connectivity index (χ4v) is 22.3. The van der Waals surface area contributed by atoms with Gasteiger partial charge in [0.2, 0.25) is 0 Å². The zero-order chi connectivity index (χ0) is 60.0. The topological polar surface area (TPSA) is 57.2 Å². The van der Waals surface area contributed by atoms with Crippen LogP contribution >= 0.6 is 0 Å². The summed E-state index contributed by atoms with van der Waals surface area (Å²) in [6.45, 7) is 56.7. The largest absolute Gasteiger partial charge is 0.413 e. The van der Waals surface area contributed by atoms with Crippen LogP contribution in [-0.4, -0.2) is 67.4 Å². The lowest BCUT2D eigenvalue weighted by Gasteiger charge is -2.44. The number of hydrogen-bond donors (Lipinski definition) is 1. The van der Waals surface area contributed by atoms with E-state index < -0.39 is 38.9 Å². The predicted molar refractivity (Wildman–Crippen MR) is 361 cm³/mol. The van der Waals surface area contributed by atoms with Gasteiger partial charge in [0.05, 0.1) is 29.0 Å². The van der Waals surface area contributed by atoms with E-state index in [1.54, 1.807) is 0 Å². The SMILES string of the molecule is CC[Si](CC)(CC)O[C@@](C)(CCC[C@@](C)(O)CCC/C(C)=C/CC/C(C)=C/CC/C(C)=C/CC/C(C)=C/CO[Si](C)(C)C(C)(C)C)CCC[C@@](C)(CCC[C@@](C)(CCC=C(C)C)O[Si](CC)(CC)CC)O[Si](CC)(CC)CC. The van der Waals surface area contributed by atoms with Crippen molar-refractivity contribution in [3.05, 3.63) is 58.2 Å². The first-order valence-corrected chi connectivity index (χ1v) is 43.5. The lowest BCUT2D eigenvalue weighted by atomic mass is 9.84. The maximum absolute atomic E-state index is 11.8. The van der Waals surface area contributed by atoms with Crippen LogP contribution in [0.15, 0.2) is 58.2 Å². The number of allylic oxidation sites excluding steroid dienone is 9. The van der Waals surface area contributed by atoms with Gasteiger partial charge >= 0.3 is 0 Å². The lowest BCUT2D eigenvalue weighted by molar-refractivity contribution is 0.00850. The third-order valence-corrected chi connectivity index (χ3v) is 38.6. The highest BCUT2D eigenvalue weighted by Crippen LogP contribution is 2.42. The summed E-state index contributed by atoms with van der Waals surface area (Å²) in [6, 6.07) is 10.6. The van der Waals surface area contributed by atoms with Crippen LogP contribution in [0, 0.1) is 0 Å². The molecule has 0 rings (SSSR count). The summed E-state index contributed by atoms with van der Waals surface area (Å²) in [5, 5.41) is 12.1. The Kier molecular flexibility index (Phi) is 37.3. The highest BCUT2D eigenvalue weighted by molar-refractivity contribution is 6.75. The van der Waals surface area contributed by atoms with Crippen LogP contribution in [0.4, 0.5) is 0 Å². The van der Waals surface area contributed by atoms with Gasteiger partial charge < -0.3 is 22.8 Å². The summed E-state index contributed by atoms with van der Waals surface area (Å²) in [5.74, 6) is 0. The summed E-state index contributed by atoms with van der Waals surface area (Å²) in [6.07, 6.45) is 33.1. The molecular weight excluding hydrogens is 1020 g/mol. The number of rotatable bonds is 46. The first-order chi connectivity index (χ1) is 36.2. The van der Waals surface area contributed by atoms with Gasteiger partial charge in [0.15, 0.2) is 33.3 Å². The smallest absolute Gasteiger partial charge is 0.192 e. The fourth-order valence-electron chi connectivity index (χ4n) is 11.9. The van der Waals surface area contributed by atoms with E-state index in [0.29, 0.717) is 0 Å². The Balaban J connectivity index is 5.75. The molecule has 78 heavy (non-hydrogen) atoms. The highest BCUT2D eigenvalue weighted by atomic mass is 28.4. The van der Waals surface area contributed by atoms with Crippen LogP contribution in [-0.2, 0) is 17.7 Å². The van der Waals surface area contributed by atoms with Crippen molar-refractivity contribution in [1.29, 1.82) is 0 Å². The predicted octanol–water partition coefficient (Wildman–Crippen LogP) is 23.7. The van der Waals surface area contributed by atoms with E-state index in [0.717, 1.165) is 153 Å². The molecule has 0 saturated heterocycles. The molecule has 0 saturated carbocycles. The van der Waals surface area contributed by atoms with Crippen LogP contribution in [0.5, 0.6) is 0 Å². The molecule has 0 bridgehead atoms. The highest BCUT2D eigenvalue weighted by Gasteiger charge is 2.43. The van der Waals surface area contributed by atoms with E-state index in [9.17, 15) is 5.11 Å². The molecule has 460 valence electrons. The third kappa shape index (κ3) is 30.8. The van der Waals surface area contributed by atoms with Crippen molar-refractivity contribution in [3.63, 3.8) is 0 Å². The molecule has 0 heterocycles. The molecule has 0 aliphatic heterocycles. The summed E-state index contributed by atoms with van der Waals surface area (Å²) >= 11 is 0. The molecule has 0 radical (unpaired) electrons. The second kappa shape index (κ2) is 37.6. The number of hydrogen-bond acceptors (Lipinski definition) is 5. The molecule has 9 heteroatoms. The van der Waals surface area contributed by atoms with E-state index in [1.807, 2.05) is 0 Å². The van der Waals surface area contributed by atoms with E-state index in [4.69, 9.17) is 17.7 Å². The van der Waals surface area contributed by atoms with E-state index >= 15 is 0 Å². The van der Waals surface area contributed by atoms with Gasteiger partial charge in [-0.25, -0.2) is 0 Å². The quantitative estimate of drug-likeness (QED) is 0.0486. The van der Waals surface area contributed by atoms with Crippen LogP contribution in [0.2, 0.25) is 72.5 Å². The molecule has 0 aromatic carbocycles. The van der Waals surface area contributed by atoms with Crippen LogP contribution < -0.4 is 0 Å². The van der Waals surface area contributed by atoms with Crippen molar-refractivity contribution in [2.45, 2.75) is 376 Å². The summed E-state index contributed by atoms with van der Waals surface area (Å²) < 4.78 is 29.0. The Labute approximate surface area is 493 Å². The van der Waals surface area contributed by atoms with Crippen molar-refractivity contribution in [2.24, 2.45) is 0 Å². The minimum absolute atomic E-state index is 0.109. The van der Waals surface area contributed by atoms with Crippen LogP contribution in [0.1, 0.15) is 281 Å². The zero-order valence-corrected chi connectivity index (χ0v) is 61.2. The Bertz CT molecular complexity index is 1750. The van der Waals surface area contributed by atoms with Gasteiger partial charge in [-0.05, 0) is 270 Å². The zero-order valence-electron chi connectivity index (χ0n) is 57.2. The Morgan fingerprint density at radius 2 is 0.667 bits per heavy atom. The molecule has 5 nitrogen and oxygen atoms in total. The minimum atomic E-state index is -1.89. The average molecular weight is 1160 g/mol. The molecule has 0 fully saturated rings. The lowest BCUT2D eigenvalue weighted by Crippen LogP contribution is -2.48. The van der Waals surface area contributed by atoms with Crippen molar-refractivity contribution in [2.75, 3.05) is 6.61 Å². The van der Waals surface area contributed by atoms with E-state index in [-0.39, 0.29) is 21.8 Å². The van der Waals surface area contributed by atoms with Crippen LogP contribution in [0.25, 0.3) is 0 Å². The summed E-state index contributed by atoms with van der Waals surface area (Å²) in [7, 11) is -7.25. The Morgan fingerprint density at radius 1 is 0.372 bits per heavy atom. The minimum Gasteiger partial charge on any atom is -0.413 e. The van der Waals surface area contributed by atoms with Gasteiger partial charge in [-0.2, -0.15) is 0 Å². The first-order valence-electron chi connectivity index (χ1n) is 33.0. The van der Waals surface area contributed by atoms with Gasteiger partial charge in [-0.15, -0.1) is 0 Å². The molecule has 1 N–H and O–H groups in total. The monoisotopic (exact) mass is 1160 g/mol. The van der Waals surface area contributed by atoms with Gasteiger partial charge in [-0.3, -0.25) is 0 Å². The van der Waals surface area contributed by atoms with Gasteiger partial charge in [0.25, 0.3) is 0 Å². The van der Waals surface area contributed by atoms with Crippen LogP contribution in [0.3, 0.4) is 0 Å². The molecule has 4 atom stereocenters. The Morgan fingerprint density at radius 3 is 0.987 bits per heavy atom. The molecule has 0 aliphatic rings. The summed E-state index contributed by atoms with van der Waals surface area (Å²) in [5.41, 5.74) is 6.13.